The lowest BCUT2D eigenvalue weighted by molar-refractivity contribution is 0.313. The number of nitrogens with one attached hydrogen (secondary N) is 2. The van der Waals surface area contributed by atoms with Gasteiger partial charge in [0.15, 0.2) is 0 Å². The summed E-state index contributed by atoms with van der Waals surface area (Å²) in [5.74, 6) is 0.619. The average molecular weight is 301 g/mol. The van der Waals surface area contributed by atoms with Crippen LogP contribution in [-0.4, -0.2) is 22.8 Å². The summed E-state index contributed by atoms with van der Waals surface area (Å²) in [4.78, 5) is 0. The number of rotatable bonds is 2. The lowest BCUT2D eigenvalue weighted by atomic mass is 9.91. The molecule has 1 aromatic carbocycles. The van der Waals surface area contributed by atoms with Crippen molar-refractivity contribution in [3.8, 4) is 5.75 Å². The van der Waals surface area contributed by atoms with Gasteiger partial charge in [0.25, 0.3) is 0 Å². The van der Waals surface area contributed by atoms with Gasteiger partial charge < -0.3 is 10.1 Å². The summed E-state index contributed by atoms with van der Waals surface area (Å²) in [7, 11) is 0. The summed E-state index contributed by atoms with van der Waals surface area (Å²) in [5.41, 5.74) is 3.51. The van der Waals surface area contributed by atoms with E-state index in [2.05, 4.69) is 15.5 Å². The van der Waals surface area contributed by atoms with Crippen LogP contribution in [0, 0.1) is 5.82 Å². The van der Waals surface area contributed by atoms with Crippen LogP contribution in [0.15, 0.2) is 24.4 Å². The molecule has 2 atom stereocenters. The molecule has 0 spiro atoms. The van der Waals surface area contributed by atoms with Crippen LogP contribution in [0.3, 0.4) is 0 Å². The Bertz CT molecular complexity index is 670. The van der Waals surface area contributed by atoms with Crippen molar-refractivity contribution >= 4 is 0 Å². The second-order valence-corrected chi connectivity index (χ2v) is 6.21. The van der Waals surface area contributed by atoms with E-state index in [1.165, 1.54) is 17.3 Å². The molecule has 2 N–H and O–H groups in total. The molecule has 0 radical (unpaired) electrons. The number of hydrogen-bond donors (Lipinski definition) is 2. The third-order valence-corrected chi connectivity index (χ3v) is 4.70. The van der Waals surface area contributed by atoms with Gasteiger partial charge in [0.1, 0.15) is 11.6 Å². The van der Waals surface area contributed by atoms with E-state index < -0.39 is 0 Å². The molecule has 0 saturated heterocycles. The Hall–Kier alpha value is -1.88. The van der Waals surface area contributed by atoms with E-state index in [0.29, 0.717) is 12.6 Å². The van der Waals surface area contributed by atoms with E-state index in [4.69, 9.17) is 4.74 Å². The first-order valence-electron chi connectivity index (χ1n) is 7.99. The molecule has 0 bridgehead atoms. The fourth-order valence-electron chi connectivity index (χ4n) is 3.56. The number of hydrogen-bond acceptors (Lipinski definition) is 3. The topological polar surface area (TPSA) is 49.9 Å². The normalized spacial score (nSPS) is 24.0. The molecule has 1 aromatic heterocycles. The summed E-state index contributed by atoms with van der Waals surface area (Å²) < 4.78 is 19.4. The molecule has 1 aliphatic carbocycles. The second-order valence-electron chi connectivity index (χ2n) is 6.21. The van der Waals surface area contributed by atoms with E-state index in [1.54, 1.807) is 12.1 Å². The monoisotopic (exact) mass is 301 g/mol. The first-order valence-corrected chi connectivity index (χ1v) is 7.99. The minimum absolute atomic E-state index is 0.159. The van der Waals surface area contributed by atoms with Crippen LogP contribution in [0.25, 0.3) is 0 Å². The number of fused-ring (bicyclic) bond motifs is 2. The third kappa shape index (κ3) is 2.61. The zero-order valence-electron chi connectivity index (χ0n) is 12.4. The smallest absolute Gasteiger partial charge is 0.124 e. The standard InChI is InChI=1S/C17H20FN3O/c18-12-3-6-17-14(9-12)16(2-1-7-22-17)20-13-4-5-15-11(8-13)10-19-21-15/h3,6,9-10,13,16,20H,1-2,4-5,7-8H2,(H,19,21). The average Bonchev–Trinajstić information content (AvgIpc) is 2.90. The van der Waals surface area contributed by atoms with Gasteiger partial charge in [0.05, 0.1) is 12.8 Å². The van der Waals surface area contributed by atoms with E-state index >= 15 is 0 Å². The predicted octanol–water partition coefficient (Wildman–Crippen LogP) is 2.91. The highest BCUT2D eigenvalue weighted by atomic mass is 19.1. The second kappa shape index (κ2) is 5.72. The van der Waals surface area contributed by atoms with E-state index in [1.807, 2.05) is 6.20 Å². The molecule has 2 aromatic rings. The maximum atomic E-state index is 13.6. The van der Waals surface area contributed by atoms with Gasteiger partial charge in [-0.25, -0.2) is 4.39 Å². The van der Waals surface area contributed by atoms with Crippen LogP contribution in [-0.2, 0) is 12.8 Å². The Morgan fingerprint density at radius 2 is 2.27 bits per heavy atom. The largest absolute Gasteiger partial charge is 0.493 e. The fraction of sp³-hybridized carbons (Fsp3) is 0.471. The molecule has 0 saturated carbocycles. The minimum Gasteiger partial charge on any atom is -0.493 e. The first kappa shape index (κ1) is 13.8. The van der Waals surface area contributed by atoms with Gasteiger partial charge in [-0.3, -0.25) is 5.10 Å². The molecular formula is C17H20FN3O. The Kier molecular flexibility index (Phi) is 3.58. The zero-order valence-corrected chi connectivity index (χ0v) is 12.4. The molecule has 4 nitrogen and oxygen atoms in total. The molecule has 0 fully saturated rings. The van der Waals surface area contributed by atoms with E-state index in [0.717, 1.165) is 43.4 Å². The first-order chi connectivity index (χ1) is 10.8. The number of aryl methyl sites for hydroxylation is 1. The number of ether oxygens (including phenoxy) is 1. The fourth-order valence-corrected chi connectivity index (χ4v) is 3.56. The minimum atomic E-state index is -0.197. The van der Waals surface area contributed by atoms with Crippen molar-refractivity contribution in [1.82, 2.24) is 15.5 Å². The summed E-state index contributed by atoms with van der Waals surface area (Å²) in [6, 6.07) is 5.40. The van der Waals surface area contributed by atoms with Crippen LogP contribution in [0.1, 0.15) is 42.1 Å². The SMILES string of the molecule is Fc1ccc2c(c1)C(NC1CCc3[nH]ncc3C1)CCCO2. The van der Waals surface area contributed by atoms with Gasteiger partial charge in [-0.1, -0.05) is 0 Å². The Morgan fingerprint density at radius 1 is 1.32 bits per heavy atom. The number of halogens is 1. The lowest BCUT2D eigenvalue weighted by Crippen LogP contribution is -2.37. The van der Waals surface area contributed by atoms with Gasteiger partial charge in [-0.05, 0) is 55.9 Å². The highest BCUT2D eigenvalue weighted by molar-refractivity contribution is 5.37. The van der Waals surface area contributed by atoms with Crippen LogP contribution in [0.2, 0.25) is 0 Å². The number of nitrogens with zero attached hydrogens (tertiary/aromatic N) is 1. The number of benzene rings is 1. The predicted molar refractivity (Wildman–Crippen MR) is 81.4 cm³/mol. The summed E-state index contributed by atoms with van der Waals surface area (Å²) >= 11 is 0. The van der Waals surface area contributed by atoms with Crippen molar-refractivity contribution in [2.45, 2.75) is 44.2 Å². The highest BCUT2D eigenvalue weighted by Crippen LogP contribution is 2.33. The number of H-pyrrole nitrogens is 1. The van der Waals surface area contributed by atoms with Crippen LogP contribution < -0.4 is 10.1 Å². The Morgan fingerprint density at radius 3 is 3.23 bits per heavy atom. The van der Waals surface area contributed by atoms with E-state index in [9.17, 15) is 4.39 Å². The van der Waals surface area contributed by atoms with Crippen molar-refractivity contribution in [3.63, 3.8) is 0 Å². The van der Waals surface area contributed by atoms with Gasteiger partial charge in [-0.15, -0.1) is 0 Å². The Labute approximate surface area is 129 Å². The third-order valence-electron chi connectivity index (χ3n) is 4.70. The van der Waals surface area contributed by atoms with E-state index in [-0.39, 0.29) is 11.9 Å². The van der Waals surface area contributed by atoms with Crippen molar-refractivity contribution in [1.29, 1.82) is 0 Å². The maximum absolute atomic E-state index is 13.6. The lowest BCUT2D eigenvalue weighted by Gasteiger charge is -2.28. The van der Waals surface area contributed by atoms with Gasteiger partial charge in [0, 0.05) is 23.3 Å². The molecule has 116 valence electrons. The molecule has 2 aliphatic rings. The molecular weight excluding hydrogens is 281 g/mol. The van der Waals surface area contributed by atoms with Crippen molar-refractivity contribution < 1.29 is 9.13 Å². The molecule has 1 aliphatic heterocycles. The molecule has 5 heteroatoms. The Balaban J connectivity index is 1.55. The van der Waals surface area contributed by atoms with Crippen molar-refractivity contribution in [2.24, 2.45) is 0 Å². The zero-order chi connectivity index (χ0) is 14.9. The van der Waals surface area contributed by atoms with Crippen LogP contribution >= 0.6 is 0 Å². The molecule has 0 amide bonds. The highest BCUT2D eigenvalue weighted by Gasteiger charge is 2.26. The van der Waals surface area contributed by atoms with Gasteiger partial charge in [-0.2, -0.15) is 5.10 Å². The van der Waals surface area contributed by atoms with Crippen LogP contribution in [0.5, 0.6) is 5.75 Å². The van der Waals surface area contributed by atoms with Gasteiger partial charge in [0.2, 0.25) is 0 Å². The quantitative estimate of drug-likeness (QED) is 0.896. The maximum Gasteiger partial charge on any atom is 0.124 e. The number of aromatic amines is 1. The van der Waals surface area contributed by atoms with Crippen molar-refractivity contribution in [2.75, 3.05) is 6.61 Å². The molecule has 2 heterocycles. The summed E-state index contributed by atoms with van der Waals surface area (Å²) in [6.07, 6.45) is 6.97. The van der Waals surface area contributed by atoms with Crippen LogP contribution in [0.4, 0.5) is 4.39 Å². The molecule has 4 rings (SSSR count). The number of aromatic nitrogens is 2. The molecule has 2 unspecified atom stereocenters. The summed E-state index contributed by atoms with van der Waals surface area (Å²) in [5, 5.41) is 10.9. The van der Waals surface area contributed by atoms with Crippen molar-refractivity contribution in [3.05, 3.63) is 47.0 Å². The summed E-state index contributed by atoms with van der Waals surface area (Å²) in [6.45, 7) is 0.702. The van der Waals surface area contributed by atoms with Gasteiger partial charge >= 0.3 is 0 Å². The molecule has 22 heavy (non-hydrogen) atoms.